The largest absolute Gasteiger partial charge is 0.319 e. The standard InChI is InChI=1S/C13H14F2N2S/c1-8(6-16-2)13-17-12(7-18-13)10-4-3-9(14)5-11(10)15/h3-5,7-8,16H,6H2,1-2H3. The molecule has 0 amide bonds. The Morgan fingerprint density at radius 3 is 2.83 bits per heavy atom. The molecule has 0 aliphatic carbocycles. The van der Waals surface area contributed by atoms with Crippen molar-refractivity contribution in [3.8, 4) is 11.3 Å². The molecule has 1 aromatic heterocycles. The van der Waals surface area contributed by atoms with Crippen LogP contribution in [0.25, 0.3) is 11.3 Å². The van der Waals surface area contributed by atoms with E-state index in [9.17, 15) is 8.78 Å². The maximum atomic E-state index is 13.6. The van der Waals surface area contributed by atoms with E-state index in [2.05, 4.69) is 17.2 Å². The van der Waals surface area contributed by atoms with Crippen LogP contribution in [0.15, 0.2) is 23.6 Å². The lowest BCUT2D eigenvalue weighted by Crippen LogP contribution is -2.14. The summed E-state index contributed by atoms with van der Waals surface area (Å²) in [6, 6.07) is 3.55. The molecule has 0 saturated carbocycles. The van der Waals surface area contributed by atoms with E-state index < -0.39 is 11.6 Å². The number of thiazole rings is 1. The fourth-order valence-electron chi connectivity index (χ4n) is 1.73. The summed E-state index contributed by atoms with van der Waals surface area (Å²) in [4.78, 5) is 4.41. The van der Waals surface area contributed by atoms with Crippen molar-refractivity contribution < 1.29 is 8.78 Å². The van der Waals surface area contributed by atoms with Crippen molar-refractivity contribution in [1.82, 2.24) is 10.3 Å². The summed E-state index contributed by atoms with van der Waals surface area (Å²) in [7, 11) is 1.88. The van der Waals surface area contributed by atoms with Crippen molar-refractivity contribution in [2.24, 2.45) is 0 Å². The summed E-state index contributed by atoms with van der Waals surface area (Å²) in [5.74, 6) is -0.874. The Morgan fingerprint density at radius 2 is 2.17 bits per heavy atom. The number of nitrogens with one attached hydrogen (secondary N) is 1. The number of nitrogens with zero attached hydrogens (tertiary/aromatic N) is 1. The molecule has 2 nitrogen and oxygen atoms in total. The normalized spacial score (nSPS) is 12.7. The second-order valence-corrected chi connectivity index (χ2v) is 5.04. The molecule has 1 heterocycles. The molecule has 1 N–H and O–H groups in total. The van der Waals surface area contributed by atoms with Crippen LogP contribution in [0.1, 0.15) is 17.8 Å². The molecule has 96 valence electrons. The van der Waals surface area contributed by atoms with Crippen molar-refractivity contribution >= 4 is 11.3 Å². The first kappa shape index (κ1) is 13.1. The molecule has 0 aliphatic rings. The van der Waals surface area contributed by atoms with Gasteiger partial charge in [-0.2, -0.15) is 0 Å². The van der Waals surface area contributed by atoms with Crippen LogP contribution in [-0.4, -0.2) is 18.6 Å². The van der Waals surface area contributed by atoms with Gasteiger partial charge in [-0.1, -0.05) is 6.92 Å². The average molecular weight is 268 g/mol. The molecule has 1 atom stereocenters. The molecule has 2 aromatic rings. The number of aromatic nitrogens is 1. The first-order chi connectivity index (χ1) is 8.61. The van der Waals surface area contributed by atoms with E-state index in [4.69, 9.17) is 0 Å². The molecule has 2 rings (SSSR count). The Morgan fingerprint density at radius 1 is 1.39 bits per heavy atom. The summed E-state index contributed by atoms with van der Waals surface area (Å²) in [5.41, 5.74) is 0.908. The maximum absolute atomic E-state index is 13.6. The van der Waals surface area contributed by atoms with Gasteiger partial charge in [0.25, 0.3) is 0 Å². The summed E-state index contributed by atoms with van der Waals surface area (Å²) in [6.07, 6.45) is 0. The number of rotatable bonds is 4. The van der Waals surface area contributed by atoms with Gasteiger partial charge in [-0.3, -0.25) is 0 Å². The summed E-state index contributed by atoms with van der Waals surface area (Å²) in [5, 5.41) is 5.83. The Labute approximate surface area is 109 Å². The van der Waals surface area contributed by atoms with Crippen LogP contribution in [0.4, 0.5) is 8.78 Å². The second-order valence-electron chi connectivity index (χ2n) is 4.15. The van der Waals surface area contributed by atoms with Crippen LogP contribution in [0.3, 0.4) is 0 Å². The highest BCUT2D eigenvalue weighted by Gasteiger charge is 2.13. The lowest BCUT2D eigenvalue weighted by atomic mass is 10.1. The minimum atomic E-state index is -0.576. The highest BCUT2D eigenvalue weighted by molar-refractivity contribution is 7.10. The number of halogens is 2. The van der Waals surface area contributed by atoms with Gasteiger partial charge in [0.1, 0.15) is 11.6 Å². The topological polar surface area (TPSA) is 24.9 Å². The number of hydrogen-bond acceptors (Lipinski definition) is 3. The molecule has 18 heavy (non-hydrogen) atoms. The van der Waals surface area contributed by atoms with Gasteiger partial charge < -0.3 is 5.32 Å². The third-order valence-electron chi connectivity index (χ3n) is 2.66. The van der Waals surface area contributed by atoms with Crippen LogP contribution in [0, 0.1) is 11.6 Å². The fourth-order valence-corrected chi connectivity index (χ4v) is 2.61. The van der Waals surface area contributed by atoms with E-state index >= 15 is 0 Å². The second kappa shape index (κ2) is 5.54. The minimum Gasteiger partial charge on any atom is -0.319 e. The SMILES string of the molecule is CNCC(C)c1nc(-c2ccc(F)cc2F)cs1. The first-order valence-corrected chi connectivity index (χ1v) is 6.55. The van der Waals surface area contributed by atoms with Gasteiger partial charge in [0.05, 0.1) is 10.7 Å². The molecular weight excluding hydrogens is 254 g/mol. The number of hydrogen-bond donors (Lipinski definition) is 1. The molecule has 1 unspecified atom stereocenters. The molecular formula is C13H14F2N2S. The molecule has 0 saturated heterocycles. The smallest absolute Gasteiger partial charge is 0.135 e. The summed E-state index contributed by atoms with van der Waals surface area (Å²) in [6.45, 7) is 2.87. The van der Waals surface area contributed by atoms with Gasteiger partial charge in [0, 0.05) is 29.5 Å². The summed E-state index contributed by atoms with van der Waals surface area (Å²) >= 11 is 1.49. The monoisotopic (exact) mass is 268 g/mol. The predicted octanol–water partition coefficient (Wildman–Crippen LogP) is 3.41. The lowest BCUT2D eigenvalue weighted by molar-refractivity contribution is 0.585. The molecule has 0 bridgehead atoms. The van der Waals surface area contributed by atoms with Gasteiger partial charge in [0.15, 0.2) is 0 Å². The van der Waals surface area contributed by atoms with Gasteiger partial charge in [0.2, 0.25) is 0 Å². The maximum Gasteiger partial charge on any atom is 0.135 e. The number of likely N-dealkylation sites (N-methyl/N-ethyl adjacent to an activating group) is 1. The number of benzene rings is 1. The quantitative estimate of drug-likeness (QED) is 0.919. The fraction of sp³-hybridized carbons (Fsp3) is 0.308. The third-order valence-corrected chi connectivity index (χ3v) is 3.74. The van der Waals surface area contributed by atoms with E-state index in [0.29, 0.717) is 11.3 Å². The molecule has 5 heteroatoms. The van der Waals surface area contributed by atoms with Crippen LogP contribution < -0.4 is 5.32 Å². The van der Waals surface area contributed by atoms with Gasteiger partial charge in [-0.15, -0.1) is 11.3 Å². The minimum absolute atomic E-state index is 0.275. The Kier molecular flexibility index (Phi) is 4.04. The van der Waals surface area contributed by atoms with Crippen LogP contribution in [0.2, 0.25) is 0 Å². The lowest BCUT2D eigenvalue weighted by Gasteiger charge is -2.06. The van der Waals surface area contributed by atoms with Crippen molar-refractivity contribution in [3.05, 3.63) is 40.2 Å². The van der Waals surface area contributed by atoms with E-state index in [0.717, 1.165) is 17.6 Å². The first-order valence-electron chi connectivity index (χ1n) is 5.67. The Balaban J connectivity index is 2.29. The zero-order valence-corrected chi connectivity index (χ0v) is 11.0. The van der Waals surface area contributed by atoms with Crippen molar-refractivity contribution in [2.45, 2.75) is 12.8 Å². The van der Waals surface area contributed by atoms with E-state index in [1.165, 1.54) is 23.5 Å². The van der Waals surface area contributed by atoms with Gasteiger partial charge in [-0.25, -0.2) is 13.8 Å². The summed E-state index contributed by atoms with van der Waals surface area (Å²) < 4.78 is 26.4. The average Bonchev–Trinajstić information content (AvgIpc) is 2.78. The molecule has 0 fully saturated rings. The molecule has 0 aliphatic heterocycles. The van der Waals surface area contributed by atoms with E-state index in [1.807, 2.05) is 7.05 Å². The van der Waals surface area contributed by atoms with Gasteiger partial charge >= 0.3 is 0 Å². The van der Waals surface area contributed by atoms with Crippen LogP contribution in [0.5, 0.6) is 0 Å². The Hall–Kier alpha value is -1.33. The van der Waals surface area contributed by atoms with Crippen molar-refractivity contribution in [3.63, 3.8) is 0 Å². The zero-order valence-electron chi connectivity index (χ0n) is 10.2. The molecule has 1 aromatic carbocycles. The molecule has 0 radical (unpaired) electrons. The van der Waals surface area contributed by atoms with Crippen LogP contribution in [-0.2, 0) is 0 Å². The van der Waals surface area contributed by atoms with Gasteiger partial charge in [-0.05, 0) is 19.2 Å². The van der Waals surface area contributed by atoms with E-state index in [-0.39, 0.29) is 5.92 Å². The highest BCUT2D eigenvalue weighted by Crippen LogP contribution is 2.28. The third kappa shape index (κ3) is 2.73. The highest BCUT2D eigenvalue weighted by atomic mass is 32.1. The van der Waals surface area contributed by atoms with Crippen LogP contribution >= 0.6 is 11.3 Å². The van der Waals surface area contributed by atoms with Crippen molar-refractivity contribution in [2.75, 3.05) is 13.6 Å². The Bertz CT molecular complexity index is 540. The van der Waals surface area contributed by atoms with E-state index in [1.54, 1.807) is 5.38 Å². The zero-order chi connectivity index (χ0) is 13.1. The van der Waals surface area contributed by atoms with Crippen molar-refractivity contribution in [1.29, 1.82) is 0 Å². The molecule has 0 spiro atoms. The predicted molar refractivity (Wildman–Crippen MR) is 69.8 cm³/mol.